The van der Waals surface area contributed by atoms with Crippen LogP contribution in [-0.4, -0.2) is 12.4 Å². The Bertz CT molecular complexity index is 4160. The van der Waals surface area contributed by atoms with Crippen molar-refractivity contribution in [3.05, 3.63) is 289 Å². The van der Waals surface area contributed by atoms with E-state index in [1.165, 1.54) is 131 Å². The summed E-state index contributed by atoms with van der Waals surface area (Å²) in [5, 5.41) is 16.1. The molecule has 6 heteroatoms. The summed E-state index contributed by atoms with van der Waals surface area (Å²) in [5.41, 5.74) is 16.3. The normalized spacial score (nSPS) is 10.5. The van der Waals surface area contributed by atoms with Crippen molar-refractivity contribution in [1.82, 2.24) is 0 Å². The van der Waals surface area contributed by atoms with Crippen molar-refractivity contribution < 1.29 is 63.2 Å². The van der Waals surface area contributed by atoms with Crippen molar-refractivity contribution in [1.29, 1.82) is 0 Å². The van der Waals surface area contributed by atoms with Gasteiger partial charge >= 0.3 is 76.9 Å². The zero-order chi connectivity index (χ0) is 59.0. The molecule has 0 amide bonds. The summed E-state index contributed by atoms with van der Waals surface area (Å²) in [6, 6.07) is 96.4. The Morgan fingerprint density at radius 3 is 0.779 bits per heavy atom. The predicted octanol–water partition coefficient (Wildman–Crippen LogP) is 17.0. The standard InChI is InChI=1S/2C21H17.2C17H15.2C2H6Si.2ClH.2Ti/c2*1-2-15-13-17-9-6-12-20(21(17)14-15)19-11-5-8-16-7-3-4-10-18(16)19;2*1-2-13-11-15-9-6-10-16(17(15)12-13)14-7-4-3-5-8-14;2*1-3-2;;;;/h2*3-14H,2H2,1H3;2*3-12H,2H2,1H3;2*1-2H3;2*1H;;/q4*-1;;;;;2*+2/p-2. The Morgan fingerprint density at radius 1 is 0.267 bits per heavy atom. The predicted molar refractivity (Wildman–Crippen MR) is 367 cm³/mol. The fourth-order valence-electron chi connectivity index (χ4n) is 11.1. The molecule has 0 fully saturated rings. The zero-order valence-corrected chi connectivity index (χ0v) is 57.6. The van der Waals surface area contributed by atoms with E-state index in [1.54, 1.807) is 0 Å². The molecule has 0 saturated heterocycles. The summed E-state index contributed by atoms with van der Waals surface area (Å²) >= 11 is 4.54. The van der Waals surface area contributed by atoms with Crippen LogP contribution < -0.4 is 24.8 Å². The Labute approximate surface area is 548 Å². The molecule has 0 radical (unpaired) electrons. The van der Waals surface area contributed by atoms with Gasteiger partial charge in [-0.2, -0.15) is 24.3 Å². The third-order valence-electron chi connectivity index (χ3n) is 15.2. The monoisotopic (exact) mass is 1260 g/mol. The second-order valence-electron chi connectivity index (χ2n) is 21.9. The average Bonchev–Trinajstić information content (AvgIpc) is 3.80. The van der Waals surface area contributed by atoms with Gasteiger partial charge in [0.1, 0.15) is 0 Å². The van der Waals surface area contributed by atoms with Gasteiger partial charge < -0.3 is 24.8 Å². The van der Waals surface area contributed by atoms with Gasteiger partial charge in [-0.15, -0.1) is 138 Å². The number of aryl methyl sites for hydroxylation is 4. The summed E-state index contributed by atoms with van der Waals surface area (Å²) < 4.78 is 0. The fraction of sp³-hybridized carbons (Fsp3) is 0.150. The molecule has 0 nitrogen and oxygen atoms in total. The molecule has 14 aromatic carbocycles. The molecule has 86 heavy (non-hydrogen) atoms. The second kappa shape index (κ2) is 33.1. The van der Waals surface area contributed by atoms with Crippen LogP contribution in [0.15, 0.2) is 267 Å². The van der Waals surface area contributed by atoms with Crippen molar-refractivity contribution >= 4 is 77.0 Å². The van der Waals surface area contributed by atoms with Gasteiger partial charge in [0.2, 0.25) is 0 Å². The smallest absolute Gasteiger partial charge is 1.00 e. The molecule has 14 rings (SSSR count). The largest absolute Gasteiger partial charge is 1.00 e. The summed E-state index contributed by atoms with van der Waals surface area (Å²) in [5.74, 6) is 0. The van der Waals surface area contributed by atoms with Crippen LogP contribution in [0.1, 0.15) is 49.9 Å². The SMILES string of the molecule is CCc1cc2c(-c3cccc4ccccc34)cccc2[cH-]1.CCc1cc2c(-c3cccc4ccccc34)cccc2[cH-]1.CCc1cc2c(-c3ccccc3)cccc2[cH-]1.CCc1cc2c(-c3ccccc3)cccc2[cH-]1.C[Si](C)=[Ti+2].C[Si](C)=[Ti+2].[Cl-].[Cl-]. The van der Waals surface area contributed by atoms with Crippen molar-refractivity contribution in [2.45, 2.75) is 79.6 Å². The maximum atomic E-state index is 2.34. The fourth-order valence-corrected chi connectivity index (χ4v) is 11.1. The Hall–Kier alpha value is -6.40. The Balaban J connectivity index is 0.000000157. The van der Waals surface area contributed by atoms with Gasteiger partial charge in [0, 0.05) is 0 Å². The van der Waals surface area contributed by atoms with Gasteiger partial charge in [0.05, 0.1) is 0 Å². The van der Waals surface area contributed by atoms with E-state index >= 15 is 0 Å². The molecule has 0 aliphatic rings. The van der Waals surface area contributed by atoms with E-state index in [9.17, 15) is 0 Å². The number of hydrogen-bond donors (Lipinski definition) is 0. The van der Waals surface area contributed by atoms with Gasteiger partial charge in [0.15, 0.2) is 0 Å². The second-order valence-corrected chi connectivity index (χ2v) is 35.3. The van der Waals surface area contributed by atoms with Crippen molar-refractivity contribution in [3.8, 4) is 44.5 Å². The molecular formula is C80H76Cl2Si2Ti2-2. The minimum atomic E-state index is 0. The van der Waals surface area contributed by atoms with E-state index in [-0.39, 0.29) is 37.2 Å². The molecule has 0 aliphatic carbocycles. The summed E-state index contributed by atoms with van der Waals surface area (Å²) in [6.07, 6.45) is 4.61. The van der Waals surface area contributed by atoms with Gasteiger partial charge in [-0.25, -0.2) is 0 Å². The van der Waals surface area contributed by atoms with Crippen LogP contribution in [-0.2, 0) is 64.0 Å². The van der Waals surface area contributed by atoms with E-state index in [0.29, 0.717) is 0 Å². The number of hydrogen-bond acceptors (Lipinski definition) is 0. The van der Waals surface area contributed by atoms with Crippen LogP contribution in [0.3, 0.4) is 0 Å². The van der Waals surface area contributed by atoms with E-state index in [1.807, 2.05) is 0 Å². The number of rotatable bonds is 8. The molecular weight excluding hydrogens is 1180 g/mol. The van der Waals surface area contributed by atoms with E-state index in [2.05, 4.69) is 359 Å². The molecule has 0 atom stereocenters. The first-order chi connectivity index (χ1) is 41.0. The van der Waals surface area contributed by atoms with Gasteiger partial charge in [-0.1, -0.05) is 220 Å². The molecule has 0 unspecified atom stereocenters. The molecule has 14 aromatic rings. The third kappa shape index (κ3) is 17.0. The number of fused-ring (bicyclic) bond motifs is 6. The maximum absolute atomic E-state index is 2.34. The molecule has 428 valence electrons. The molecule has 0 saturated carbocycles. The molecule has 0 bridgehead atoms. The van der Waals surface area contributed by atoms with E-state index in [0.717, 1.165) is 25.7 Å². The third-order valence-corrected chi connectivity index (χ3v) is 15.2. The first-order valence-corrected chi connectivity index (χ1v) is 39.5. The van der Waals surface area contributed by atoms with Gasteiger partial charge in [-0.05, 0) is 69.5 Å². The van der Waals surface area contributed by atoms with Crippen LogP contribution in [0.25, 0.3) is 109 Å². The maximum Gasteiger partial charge on any atom is -1.00 e. The first kappa shape index (κ1) is 67.1. The van der Waals surface area contributed by atoms with Crippen molar-refractivity contribution in [2.75, 3.05) is 0 Å². The minimum absolute atomic E-state index is 0. The van der Waals surface area contributed by atoms with Crippen molar-refractivity contribution in [3.63, 3.8) is 0 Å². The first-order valence-electron chi connectivity index (χ1n) is 29.8. The average molecular weight is 1260 g/mol. The van der Waals surface area contributed by atoms with Crippen LogP contribution in [0, 0.1) is 0 Å². The molecule has 0 aliphatic heterocycles. The summed E-state index contributed by atoms with van der Waals surface area (Å²) in [4.78, 5) is 0. The van der Waals surface area contributed by atoms with Crippen LogP contribution in [0.4, 0.5) is 0 Å². The van der Waals surface area contributed by atoms with Gasteiger partial charge in [0.25, 0.3) is 0 Å². The molecule has 0 aromatic heterocycles. The molecule has 0 N–H and O–H groups in total. The van der Waals surface area contributed by atoms with Crippen molar-refractivity contribution in [2.24, 2.45) is 0 Å². The zero-order valence-electron chi connectivity index (χ0n) is 51.0. The number of halogens is 2. The Morgan fingerprint density at radius 2 is 0.488 bits per heavy atom. The van der Waals surface area contributed by atoms with E-state index in [4.69, 9.17) is 0 Å². The van der Waals surface area contributed by atoms with Crippen LogP contribution in [0.5, 0.6) is 0 Å². The topological polar surface area (TPSA) is 0 Å². The Kier molecular flexibility index (Phi) is 25.8. The molecule has 0 heterocycles. The number of benzene rings is 10. The van der Waals surface area contributed by atoms with Gasteiger partial charge in [-0.3, -0.25) is 0 Å². The van der Waals surface area contributed by atoms with Crippen LogP contribution in [0.2, 0.25) is 26.2 Å². The van der Waals surface area contributed by atoms with Crippen LogP contribution >= 0.6 is 0 Å². The molecule has 0 spiro atoms. The summed E-state index contributed by atoms with van der Waals surface area (Å²) in [6.45, 7) is 17.9. The van der Waals surface area contributed by atoms with E-state index < -0.39 is 0 Å². The summed E-state index contributed by atoms with van der Waals surface area (Å²) in [7, 11) is 0. The quantitative estimate of drug-likeness (QED) is 0.105. The minimum Gasteiger partial charge on any atom is -1.00 e.